The maximum Gasteiger partial charge on any atom is 0.258 e. The van der Waals surface area contributed by atoms with Gasteiger partial charge in [-0.05, 0) is 48.0 Å². The smallest absolute Gasteiger partial charge is 0.258 e. The van der Waals surface area contributed by atoms with Crippen LogP contribution in [0.15, 0.2) is 67.1 Å². The van der Waals surface area contributed by atoms with Gasteiger partial charge in [0.25, 0.3) is 17.7 Å². The van der Waals surface area contributed by atoms with Crippen LogP contribution in [0, 0.1) is 0 Å². The summed E-state index contributed by atoms with van der Waals surface area (Å²) in [4.78, 5) is 41.2. The highest BCUT2D eigenvalue weighted by Crippen LogP contribution is 2.29. The molecule has 0 spiro atoms. The third kappa shape index (κ3) is 5.49. The summed E-state index contributed by atoms with van der Waals surface area (Å²) in [5.41, 5.74) is 2.09. The fourth-order valence-corrected chi connectivity index (χ4v) is 5.02. The molecule has 2 atom stereocenters. The Morgan fingerprint density at radius 2 is 1.98 bits per heavy atom. The minimum absolute atomic E-state index is 0.207. The number of amides is 3. The van der Waals surface area contributed by atoms with Crippen molar-refractivity contribution in [1.29, 1.82) is 0 Å². The van der Waals surface area contributed by atoms with Gasteiger partial charge in [0, 0.05) is 37.8 Å². The van der Waals surface area contributed by atoms with Crippen molar-refractivity contribution in [2.24, 2.45) is 0 Å². The van der Waals surface area contributed by atoms with Gasteiger partial charge in [-0.15, -0.1) is 10.2 Å². The van der Waals surface area contributed by atoms with Crippen LogP contribution in [0.2, 0.25) is 0 Å². The van der Waals surface area contributed by atoms with Gasteiger partial charge in [-0.3, -0.25) is 18.8 Å². The highest BCUT2D eigenvalue weighted by Gasteiger charge is 2.35. The van der Waals surface area contributed by atoms with Crippen LogP contribution in [-0.2, 0) is 11.3 Å². The van der Waals surface area contributed by atoms with Crippen molar-refractivity contribution in [3.63, 3.8) is 0 Å². The second-order valence-corrected chi connectivity index (χ2v) is 9.83. The van der Waals surface area contributed by atoms with E-state index in [9.17, 15) is 14.4 Å². The molecule has 0 unspecified atom stereocenters. The number of pyridine rings is 1. The van der Waals surface area contributed by atoms with Crippen molar-refractivity contribution in [3.05, 3.63) is 83.8 Å². The third-order valence-corrected chi connectivity index (χ3v) is 7.19. The first-order valence-electron chi connectivity index (χ1n) is 13.2. The number of ether oxygens (including phenoxy) is 3. The molecular weight excluding hydrogens is 528 g/mol. The monoisotopic (exact) mass is 556 g/mol. The van der Waals surface area contributed by atoms with Crippen molar-refractivity contribution in [2.75, 3.05) is 26.8 Å². The normalized spacial score (nSPS) is 19.3. The Bertz CT molecular complexity index is 1600. The van der Waals surface area contributed by atoms with E-state index in [0.29, 0.717) is 47.8 Å². The van der Waals surface area contributed by atoms with Gasteiger partial charge in [0.2, 0.25) is 0 Å². The molecule has 4 bridgehead atoms. The maximum absolute atomic E-state index is 13.6. The molecule has 3 aliphatic rings. The lowest BCUT2D eigenvalue weighted by molar-refractivity contribution is -0.123. The number of nitrogens with one attached hydrogen (secondary N) is 2. The summed E-state index contributed by atoms with van der Waals surface area (Å²) in [6.45, 7) is 0.723. The molecule has 1 saturated heterocycles. The first-order chi connectivity index (χ1) is 20.0. The minimum atomic E-state index is -0.525. The number of fused-ring (bicyclic) bond motifs is 8. The van der Waals surface area contributed by atoms with Crippen LogP contribution in [0.5, 0.6) is 17.2 Å². The Morgan fingerprint density at radius 1 is 1.12 bits per heavy atom. The van der Waals surface area contributed by atoms with Crippen molar-refractivity contribution in [1.82, 2.24) is 30.1 Å². The predicted molar refractivity (Wildman–Crippen MR) is 146 cm³/mol. The number of hydrogen-bond donors (Lipinski definition) is 2. The number of carbonyl (C=O) groups is 3. The lowest BCUT2D eigenvalue weighted by Crippen LogP contribution is -2.58. The number of rotatable bonds is 2. The average Bonchev–Trinajstić information content (AvgIpc) is 3.49. The van der Waals surface area contributed by atoms with Gasteiger partial charge in [-0.2, -0.15) is 0 Å². The van der Waals surface area contributed by atoms with Gasteiger partial charge >= 0.3 is 0 Å². The number of hydrogen-bond acceptors (Lipinski definition) is 8. The van der Waals surface area contributed by atoms with E-state index >= 15 is 0 Å². The molecule has 2 N–H and O–H groups in total. The first-order valence-corrected chi connectivity index (χ1v) is 13.2. The standard InChI is InChI=1S/C29H28N6O6/c1-39-24-9-6-19-13-25(24)40-16-26(36)30-14-18-4-7-20(8-5-18)41-23-10-12-34(15-22(23)32-28(19)37)29(38)21-3-2-11-35-17-31-33-27(21)35/h2-9,11,13,17,22-23H,10,12,14-16H2,1H3,(H,30,36)(H,32,37)/t22-,23+/m0/s1. The topological polar surface area (TPSA) is 136 Å². The van der Waals surface area contributed by atoms with Gasteiger partial charge in [-0.1, -0.05) is 12.1 Å². The highest BCUT2D eigenvalue weighted by atomic mass is 16.5. The van der Waals surface area contributed by atoms with E-state index in [1.54, 1.807) is 46.1 Å². The second kappa shape index (κ2) is 11.2. The van der Waals surface area contributed by atoms with E-state index < -0.39 is 12.1 Å². The van der Waals surface area contributed by atoms with Crippen LogP contribution < -0.4 is 24.8 Å². The molecule has 5 heterocycles. The van der Waals surface area contributed by atoms with Crippen molar-refractivity contribution in [3.8, 4) is 17.2 Å². The summed E-state index contributed by atoms with van der Waals surface area (Å²) in [6.07, 6.45) is 3.41. The lowest BCUT2D eigenvalue weighted by Gasteiger charge is -2.39. The van der Waals surface area contributed by atoms with Crippen LogP contribution in [0.4, 0.5) is 0 Å². The Morgan fingerprint density at radius 3 is 2.80 bits per heavy atom. The fourth-order valence-electron chi connectivity index (χ4n) is 5.02. The van der Waals surface area contributed by atoms with Crippen LogP contribution in [0.25, 0.3) is 5.65 Å². The summed E-state index contributed by atoms with van der Waals surface area (Å²) >= 11 is 0. The molecule has 3 amide bonds. The van der Waals surface area contributed by atoms with E-state index in [-0.39, 0.29) is 36.6 Å². The summed E-state index contributed by atoms with van der Waals surface area (Å²) in [6, 6.07) is 15.1. The molecule has 1 fully saturated rings. The zero-order valence-corrected chi connectivity index (χ0v) is 22.3. The first kappa shape index (κ1) is 26.1. The number of piperidine rings is 1. The lowest BCUT2D eigenvalue weighted by atomic mass is 10.00. The number of methoxy groups -OCH3 is 1. The SMILES string of the molecule is COc1ccc2cc1OCC(=O)NCc1ccc(cc1)O[C@@H]1CCN(C(=O)c3cccn4cnnc34)C[C@@H]1NC2=O. The number of aromatic nitrogens is 3. The van der Waals surface area contributed by atoms with E-state index in [0.717, 1.165) is 5.56 Å². The number of likely N-dealkylation sites (tertiary alicyclic amines) is 1. The van der Waals surface area contributed by atoms with Crippen molar-refractivity contribution >= 4 is 23.4 Å². The van der Waals surface area contributed by atoms with Crippen LogP contribution in [0.1, 0.15) is 32.7 Å². The summed E-state index contributed by atoms with van der Waals surface area (Å²) in [5.74, 6) is 0.371. The third-order valence-electron chi connectivity index (χ3n) is 7.19. The van der Waals surface area contributed by atoms with E-state index in [2.05, 4.69) is 20.8 Å². The molecule has 210 valence electrons. The molecule has 2 aromatic heterocycles. The quantitative estimate of drug-likeness (QED) is 0.382. The van der Waals surface area contributed by atoms with E-state index in [4.69, 9.17) is 14.2 Å². The largest absolute Gasteiger partial charge is 0.493 e. The van der Waals surface area contributed by atoms with Gasteiger partial charge in [0.05, 0.1) is 18.7 Å². The molecule has 4 aromatic rings. The second-order valence-electron chi connectivity index (χ2n) is 9.83. The number of benzene rings is 2. The molecule has 2 aromatic carbocycles. The van der Waals surface area contributed by atoms with Crippen LogP contribution in [0.3, 0.4) is 0 Å². The van der Waals surface area contributed by atoms with Crippen LogP contribution in [-0.4, -0.2) is 76.2 Å². The molecule has 7 rings (SSSR count). The Kier molecular flexibility index (Phi) is 7.11. The van der Waals surface area contributed by atoms with Crippen LogP contribution >= 0.6 is 0 Å². The van der Waals surface area contributed by atoms with Crippen molar-refractivity contribution in [2.45, 2.75) is 25.1 Å². The molecule has 3 aliphatic heterocycles. The van der Waals surface area contributed by atoms with Gasteiger partial charge in [-0.25, -0.2) is 0 Å². The summed E-state index contributed by atoms with van der Waals surface area (Å²) in [7, 11) is 1.48. The fraction of sp³-hybridized carbons (Fsp3) is 0.276. The molecule has 12 heteroatoms. The molecule has 41 heavy (non-hydrogen) atoms. The molecule has 0 aliphatic carbocycles. The van der Waals surface area contributed by atoms with E-state index in [1.807, 2.05) is 24.3 Å². The zero-order valence-electron chi connectivity index (χ0n) is 22.3. The Labute approximate surface area is 235 Å². The Balaban J connectivity index is 1.31. The minimum Gasteiger partial charge on any atom is -0.493 e. The summed E-state index contributed by atoms with van der Waals surface area (Å²) < 4.78 is 19.1. The maximum atomic E-state index is 13.6. The molecule has 0 radical (unpaired) electrons. The van der Waals surface area contributed by atoms with E-state index in [1.165, 1.54) is 13.2 Å². The number of carbonyl (C=O) groups excluding carboxylic acids is 3. The predicted octanol–water partition coefficient (Wildman–Crippen LogP) is 1.84. The molecular formula is C29H28N6O6. The summed E-state index contributed by atoms with van der Waals surface area (Å²) in [5, 5.41) is 13.9. The Hall–Kier alpha value is -5.13. The van der Waals surface area contributed by atoms with Gasteiger partial charge in [0.1, 0.15) is 18.2 Å². The number of nitrogens with zero attached hydrogens (tertiary/aromatic N) is 4. The average molecular weight is 557 g/mol. The molecule has 0 saturated carbocycles. The zero-order chi connectivity index (χ0) is 28.3. The van der Waals surface area contributed by atoms with Crippen molar-refractivity contribution < 1.29 is 28.6 Å². The molecule has 12 nitrogen and oxygen atoms in total. The van der Waals surface area contributed by atoms with Gasteiger partial charge < -0.3 is 29.7 Å². The van der Waals surface area contributed by atoms with Gasteiger partial charge in [0.15, 0.2) is 23.8 Å². The highest BCUT2D eigenvalue weighted by molar-refractivity contribution is 6.00.